The molecule has 0 aliphatic heterocycles. The third kappa shape index (κ3) is 3.48. The van der Waals surface area contributed by atoms with Gasteiger partial charge in [0.2, 0.25) is 0 Å². The molecule has 0 spiro atoms. The topological polar surface area (TPSA) is 9.23 Å². The Morgan fingerprint density at radius 2 is 1.56 bits per heavy atom. The fourth-order valence-corrected chi connectivity index (χ4v) is 2.68. The lowest BCUT2D eigenvalue weighted by Gasteiger charge is -2.55. The zero-order chi connectivity index (χ0) is 12.8. The third-order valence-electron chi connectivity index (χ3n) is 3.74. The van der Waals surface area contributed by atoms with E-state index in [1.54, 1.807) is 0 Å². The van der Waals surface area contributed by atoms with Crippen molar-refractivity contribution in [2.24, 2.45) is 16.7 Å². The fraction of sp³-hybridized carbons (Fsp3) is 1.00. The van der Waals surface area contributed by atoms with Gasteiger partial charge < -0.3 is 4.74 Å². The zero-order valence-corrected chi connectivity index (χ0v) is 12.5. The molecule has 0 aromatic rings. The normalized spacial score (nSPS) is 30.0. The van der Waals surface area contributed by atoms with Gasteiger partial charge in [0.25, 0.3) is 0 Å². The molecule has 1 aliphatic carbocycles. The average Bonchev–Trinajstić information content (AvgIpc) is 1.98. The molecule has 0 amide bonds. The second-order valence-corrected chi connectivity index (χ2v) is 8.24. The zero-order valence-electron chi connectivity index (χ0n) is 12.5. The molecule has 0 aromatic carbocycles. The molecule has 0 unspecified atom stereocenters. The lowest BCUT2D eigenvalue weighted by atomic mass is 9.56. The average molecular weight is 226 g/mol. The van der Waals surface area contributed by atoms with E-state index >= 15 is 0 Å². The van der Waals surface area contributed by atoms with Gasteiger partial charge in [-0.05, 0) is 50.4 Å². The first-order chi connectivity index (χ1) is 6.92. The molecule has 1 saturated carbocycles. The summed E-state index contributed by atoms with van der Waals surface area (Å²) < 4.78 is 6.13. The van der Waals surface area contributed by atoms with Crippen LogP contribution in [-0.2, 0) is 4.74 Å². The maximum Gasteiger partial charge on any atom is 0.0638 e. The van der Waals surface area contributed by atoms with Crippen molar-refractivity contribution in [1.29, 1.82) is 0 Å². The molecule has 0 radical (unpaired) electrons. The van der Waals surface area contributed by atoms with E-state index in [1.807, 2.05) is 0 Å². The molecule has 96 valence electrons. The van der Waals surface area contributed by atoms with Crippen LogP contribution in [0.25, 0.3) is 0 Å². The minimum atomic E-state index is -0.00532. The van der Waals surface area contributed by atoms with Crippen molar-refractivity contribution >= 4 is 0 Å². The van der Waals surface area contributed by atoms with Crippen LogP contribution in [0.4, 0.5) is 0 Å². The van der Waals surface area contributed by atoms with Crippen molar-refractivity contribution in [3.8, 4) is 0 Å². The molecule has 1 nitrogen and oxygen atoms in total. The summed E-state index contributed by atoms with van der Waals surface area (Å²) in [5.41, 5.74) is 0.782. The lowest BCUT2D eigenvalue weighted by molar-refractivity contribution is -0.194. The van der Waals surface area contributed by atoms with E-state index in [0.717, 1.165) is 5.92 Å². The summed E-state index contributed by atoms with van der Waals surface area (Å²) in [6.07, 6.45) is 2.99. The predicted octanol–water partition coefficient (Wildman–Crippen LogP) is 4.65. The van der Waals surface area contributed by atoms with Crippen LogP contribution in [0.5, 0.6) is 0 Å². The van der Waals surface area contributed by atoms with Crippen molar-refractivity contribution in [1.82, 2.24) is 0 Å². The van der Waals surface area contributed by atoms with Gasteiger partial charge in [-0.1, -0.05) is 34.6 Å². The van der Waals surface area contributed by atoms with Crippen LogP contribution in [0, 0.1) is 16.7 Å². The minimum Gasteiger partial charge on any atom is -0.372 e. The van der Waals surface area contributed by atoms with Gasteiger partial charge >= 0.3 is 0 Å². The Balaban J connectivity index is 2.54. The first-order valence-electron chi connectivity index (χ1n) is 6.60. The summed E-state index contributed by atoms with van der Waals surface area (Å²) in [6.45, 7) is 18.2. The molecule has 1 rings (SSSR count). The SMILES string of the molecule is CC(C)(C)C[C@@H]1C[C@@H](OC(C)(C)C)C1(C)C. The van der Waals surface area contributed by atoms with Gasteiger partial charge in [0.05, 0.1) is 11.7 Å². The summed E-state index contributed by atoms with van der Waals surface area (Å²) in [6, 6.07) is 0. The molecular weight excluding hydrogens is 196 g/mol. The predicted molar refractivity (Wildman–Crippen MR) is 70.6 cm³/mol. The van der Waals surface area contributed by atoms with Crippen molar-refractivity contribution < 1.29 is 4.74 Å². The standard InChI is InChI=1S/C15H30O/c1-13(2,3)10-11-9-12(15(11,7)8)16-14(4,5)6/h11-12H,9-10H2,1-8H3/t11-,12+/m0/s1. The van der Waals surface area contributed by atoms with Gasteiger partial charge in [-0.2, -0.15) is 0 Å². The second kappa shape index (κ2) is 4.01. The largest absolute Gasteiger partial charge is 0.372 e. The Hall–Kier alpha value is -0.0400. The highest BCUT2D eigenvalue weighted by Gasteiger charge is 2.50. The van der Waals surface area contributed by atoms with Gasteiger partial charge in [-0.3, -0.25) is 0 Å². The highest BCUT2D eigenvalue weighted by molar-refractivity contribution is 4.99. The van der Waals surface area contributed by atoms with E-state index in [0.29, 0.717) is 16.9 Å². The highest BCUT2D eigenvalue weighted by Crippen LogP contribution is 2.53. The molecule has 1 heteroatoms. The van der Waals surface area contributed by atoms with E-state index in [2.05, 4.69) is 55.4 Å². The molecule has 16 heavy (non-hydrogen) atoms. The number of ether oxygens (including phenoxy) is 1. The van der Waals surface area contributed by atoms with E-state index in [-0.39, 0.29) is 5.60 Å². The summed E-state index contributed by atoms with van der Waals surface area (Å²) in [4.78, 5) is 0. The maximum atomic E-state index is 6.13. The van der Waals surface area contributed by atoms with E-state index in [9.17, 15) is 0 Å². The lowest BCUT2D eigenvalue weighted by Crippen LogP contribution is -2.53. The van der Waals surface area contributed by atoms with E-state index in [4.69, 9.17) is 4.74 Å². The van der Waals surface area contributed by atoms with Gasteiger partial charge in [0, 0.05) is 0 Å². The van der Waals surface area contributed by atoms with Crippen LogP contribution in [0.3, 0.4) is 0 Å². The fourth-order valence-electron chi connectivity index (χ4n) is 2.68. The second-order valence-electron chi connectivity index (χ2n) is 8.24. The molecule has 0 heterocycles. The summed E-state index contributed by atoms with van der Waals surface area (Å²) in [5, 5.41) is 0. The summed E-state index contributed by atoms with van der Waals surface area (Å²) in [5.74, 6) is 0.819. The molecular formula is C15H30O. The monoisotopic (exact) mass is 226 g/mol. The third-order valence-corrected chi connectivity index (χ3v) is 3.74. The molecule has 0 saturated heterocycles. The Kier molecular flexibility index (Phi) is 3.52. The highest BCUT2D eigenvalue weighted by atomic mass is 16.5. The first-order valence-corrected chi connectivity index (χ1v) is 6.60. The van der Waals surface area contributed by atoms with Crippen LogP contribution in [0.2, 0.25) is 0 Å². The number of rotatable bonds is 2. The van der Waals surface area contributed by atoms with E-state index in [1.165, 1.54) is 12.8 Å². The molecule has 0 bridgehead atoms. The van der Waals surface area contributed by atoms with Crippen LogP contribution in [0.1, 0.15) is 68.2 Å². The Labute approximate surface area is 102 Å². The van der Waals surface area contributed by atoms with Crippen molar-refractivity contribution in [3.05, 3.63) is 0 Å². The Bertz CT molecular complexity index is 215. The molecule has 1 aliphatic rings. The summed E-state index contributed by atoms with van der Waals surface area (Å²) >= 11 is 0. The van der Waals surface area contributed by atoms with Crippen molar-refractivity contribution in [3.63, 3.8) is 0 Å². The molecule has 1 fully saturated rings. The van der Waals surface area contributed by atoms with Crippen LogP contribution < -0.4 is 0 Å². The molecule has 2 atom stereocenters. The quantitative estimate of drug-likeness (QED) is 0.666. The Morgan fingerprint density at radius 1 is 1.06 bits per heavy atom. The number of hydrogen-bond acceptors (Lipinski definition) is 1. The smallest absolute Gasteiger partial charge is 0.0638 e. The minimum absolute atomic E-state index is 0.00532. The van der Waals surface area contributed by atoms with Crippen molar-refractivity contribution in [2.75, 3.05) is 0 Å². The molecule has 0 aromatic heterocycles. The number of hydrogen-bond donors (Lipinski definition) is 0. The van der Waals surface area contributed by atoms with Gasteiger partial charge in [0.15, 0.2) is 0 Å². The van der Waals surface area contributed by atoms with Crippen LogP contribution in [-0.4, -0.2) is 11.7 Å². The van der Waals surface area contributed by atoms with Gasteiger partial charge in [0.1, 0.15) is 0 Å². The van der Waals surface area contributed by atoms with E-state index < -0.39 is 0 Å². The van der Waals surface area contributed by atoms with Crippen molar-refractivity contribution in [2.45, 2.75) is 79.9 Å². The maximum absolute atomic E-state index is 6.13. The van der Waals surface area contributed by atoms with Crippen LogP contribution >= 0.6 is 0 Å². The summed E-state index contributed by atoms with van der Waals surface area (Å²) in [7, 11) is 0. The first kappa shape index (κ1) is 14.0. The van der Waals surface area contributed by atoms with Crippen LogP contribution in [0.15, 0.2) is 0 Å². The Morgan fingerprint density at radius 3 is 1.88 bits per heavy atom. The van der Waals surface area contributed by atoms with Gasteiger partial charge in [-0.15, -0.1) is 0 Å². The molecule has 0 N–H and O–H groups in total. The van der Waals surface area contributed by atoms with Gasteiger partial charge in [-0.25, -0.2) is 0 Å².